The van der Waals surface area contributed by atoms with Crippen LogP contribution in [-0.2, 0) is 26.2 Å². The maximum Gasteiger partial charge on any atom is 2.00 e. The molecule has 2 aliphatic rings. The molecule has 1 radical (unpaired) electrons. The normalized spacial score (nSPS) is 14.4. The molecule has 0 amide bonds. The topological polar surface area (TPSA) is 0 Å². The van der Waals surface area contributed by atoms with Crippen molar-refractivity contribution in [1.82, 2.24) is 0 Å². The SMILES string of the molecule is CCCC1=[C-]CC=C1.CCCC1=[C-]CC=C1.C[SiH]C.[Zr+2]. The molecule has 20 heavy (non-hydrogen) atoms. The van der Waals surface area contributed by atoms with Gasteiger partial charge in [0.15, 0.2) is 0 Å². The van der Waals surface area contributed by atoms with Gasteiger partial charge in [0.05, 0.1) is 0 Å². The van der Waals surface area contributed by atoms with E-state index in [1.165, 1.54) is 36.8 Å². The van der Waals surface area contributed by atoms with Crippen LogP contribution in [0.25, 0.3) is 0 Å². The molecule has 0 heterocycles. The van der Waals surface area contributed by atoms with E-state index in [4.69, 9.17) is 0 Å². The smallest absolute Gasteiger partial charge is 0.269 e. The number of rotatable bonds is 4. The third kappa shape index (κ3) is 13.1. The Morgan fingerprint density at radius 3 is 1.45 bits per heavy atom. The first-order valence-electron chi connectivity index (χ1n) is 7.54. The van der Waals surface area contributed by atoms with Crippen molar-refractivity contribution in [2.75, 3.05) is 0 Å². The molecule has 0 aromatic carbocycles. The Bertz CT molecular complexity index is 292. The van der Waals surface area contributed by atoms with Gasteiger partial charge < -0.3 is 0 Å². The molecule has 0 unspecified atom stereocenters. The van der Waals surface area contributed by atoms with E-state index in [9.17, 15) is 0 Å². The summed E-state index contributed by atoms with van der Waals surface area (Å²) in [6.07, 6.45) is 22.2. The Balaban J connectivity index is 0. The van der Waals surface area contributed by atoms with Crippen LogP contribution in [-0.4, -0.2) is 9.52 Å². The standard InChI is InChI=1S/2C8H11.C2H7Si.Zr/c2*1-2-5-8-6-3-4-7-8;1-3-2;/h2*3,6H,2,4-5H2,1H3;3H,1-2H3;/q2*-1;;+2. The van der Waals surface area contributed by atoms with E-state index in [0.29, 0.717) is 0 Å². The van der Waals surface area contributed by atoms with E-state index in [1.54, 1.807) is 0 Å². The molecule has 0 spiro atoms. The zero-order chi connectivity index (χ0) is 14.3. The van der Waals surface area contributed by atoms with Crippen LogP contribution in [0.15, 0.2) is 35.5 Å². The molecule has 2 heteroatoms. The molecule has 0 fully saturated rings. The van der Waals surface area contributed by atoms with E-state index in [0.717, 1.165) is 22.4 Å². The monoisotopic (exact) mass is 363 g/mol. The summed E-state index contributed by atoms with van der Waals surface area (Å²) in [5.74, 6) is 0. The van der Waals surface area contributed by atoms with Gasteiger partial charge in [-0.05, 0) is 0 Å². The van der Waals surface area contributed by atoms with Crippen molar-refractivity contribution < 1.29 is 26.2 Å². The van der Waals surface area contributed by atoms with Gasteiger partial charge >= 0.3 is 26.2 Å². The maximum absolute atomic E-state index is 3.26. The Morgan fingerprint density at radius 2 is 1.25 bits per heavy atom. The molecule has 0 nitrogen and oxygen atoms in total. The van der Waals surface area contributed by atoms with Gasteiger partial charge in [-0.15, -0.1) is 12.8 Å². The third-order valence-corrected chi connectivity index (χ3v) is 2.57. The van der Waals surface area contributed by atoms with Gasteiger partial charge in [0.25, 0.3) is 0 Å². The van der Waals surface area contributed by atoms with Crippen LogP contribution in [0.1, 0.15) is 52.4 Å². The van der Waals surface area contributed by atoms with Crippen LogP contribution < -0.4 is 0 Å². The molecule has 0 aliphatic heterocycles. The molecular formula is C18H29SiZr. The molecule has 0 aromatic heterocycles. The van der Waals surface area contributed by atoms with Gasteiger partial charge in [-0.2, -0.15) is 12.2 Å². The summed E-state index contributed by atoms with van der Waals surface area (Å²) < 4.78 is 0. The minimum atomic E-state index is 0. The Hall–Kier alpha value is 0.0600. The van der Waals surface area contributed by atoms with Crippen LogP contribution in [0.3, 0.4) is 0 Å². The Kier molecular flexibility index (Phi) is 19.1. The van der Waals surface area contributed by atoms with Crippen molar-refractivity contribution in [2.45, 2.75) is 65.5 Å². The van der Waals surface area contributed by atoms with Crippen molar-refractivity contribution in [3.8, 4) is 0 Å². The number of hydrogen-bond acceptors (Lipinski definition) is 0. The van der Waals surface area contributed by atoms with Crippen LogP contribution in [0.4, 0.5) is 0 Å². The molecule has 0 bridgehead atoms. The fraction of sp³-hybridized carbons (Fsp3) is 0.556. The molecule has 2 aliphatic carbocycles. The summed E-state index contributed by atoms with van der Waals surface area (Å²) in [5, 5.41) is 0. The zero-order valence-electron chi connectivity index (χ0n) is 13.6. The first-order chi connectivity index (χ1) is 9.28. The van der Waals surface area contributed by atoms with Crippen molar-refractivity contribution in [2.24, 2.45) is 0 Å². The van der Waals surface area contributed by atoms with Gasteiger partial charge in [-0.25, -0.2) is 23.3 Å². The zero-order valence-corrected chi connectivity index (χ0v) is 17.2. The van der Waals surface area contributed by atoms with Crippen LogP contribution in [0.2, 0.25) is 13.1 Å². The second-order valence-corrected chi connectivity index (χ2v) is 5.85. The number of hydrogen-bond donors (Lipinski definition) is 0. The molecule has 2 rings (SSSR count). The molecule has 0 N–H and O–H groups in total. The van der Waals surface area contributed by atoms with Gasteiger partial charge in [0.2, 0.25) is 0 Å². The van der Waals surface area contributed by atoms with E-state index in [-0.39, 0.29) is 26.2 Å². The van der Waals surface area contributed by atoms with Gasteiger partial charge in [-0.1, -0.05) is 52.6 Å². The maximum atomic E-state index is 3.26. The largest absolute Gasteiger partial charge is 2.00 e. The summed E-state index contributed by atoms with van der Waals surface area (Å²) >= 11 is 0. The summed E-state index contributed by atoms with van der Waals surface area (Å²) in [6, 6.07) is 0. The Labute approximate surface area is 148 Å². The van der Waals surface area contributed by atoms with E-state index in [1.807, 2.05) is 0 Å². The second kappa shape index (κ2) is 17.1. The summed E-state index contributed by atoms with van der Waals surface area (Å²) in [6.45, 7) is 8.81. The van der Waals surface area contributed by atoms with Crippen molar-refractivity contribution in [3.63, 3.8) is 0 Å². The van der Waals surface area contributed by atoms with E-state index in [2.05, 4.69) is 63.4 Å². The predicted molar refractivity (Wildman–Crippen MR) is 89.7 cm³/mol. The van der Waals surface area contributed by atoms with E-state index < -0.39 is 0 Å². The van der Waals surface area contributed by atoms with Crippen LogP contribution in [0.5, 0.6) is 0 Å². The average Bonchev–Trinajstić information content (AvgIpc) is 3.05. The van der Waals surface area contributed by atoms with Gasteiger partial charge in [0.1, 0.15) is 0 Å². The molecular weight excluding hydrogens is 336 g/mol. The summed E-state index contributed by atoms with van der Waals surface area (Å²) in [5.41, 5.74) is 2.79. The molecule has 0 aromatic rings. The Morgan fingerprint density at radius 1 is 0.900 bits per heavy atom. The van der Waals surface area contributed by atoms with Crippen molar-refractivity contribution >= 4 is 9.52 Å². The molecule has 0 saturated carbocycles. The molecule has 109 valence electrons. The third-order valence-electron chi connectivity index (χ3n) is 2.57. The minimum absolute atomic E-state index is 0. The fourth-order valence-corrected chi connectivity index (χ4v) is 1.78. The second-order valence-electron chi connectivity index (χ2n) is 4.69. The van der Waals surface area contributed by atoms with E-state index >= 15 is 0 Å². The fourth-order valence-electron chi connectivity index (χ4n) is 1.78. The number of allylic oxidation sites excluding steroid dienone is 8. The van der Waals surface area contributed by atoms with Crippen molar-refractivity contribution in [1.29, 1.82) is 0 Å². The van der Waals surface area contributed by atoms with Gasteiger partial charge in [0, 0.05) is 9.52 Å². The van der Waals surface area contributed by atoms with Crippen molar-refractivity contribution in [3.05, 3.63) is 47.6 Å². The summed E-state index contributed by atoms with van der Waals surface area (Å²) in [7, 11) is 0.750. The summed E-state index contributed by atoms with van der Waals surface area (Å²) in [4.78, 5) is 0. The predicted octanol–water partition coefficient (Wildman–Crippen LogP) is 5.47. The molecule has 0 saturated heterocycles. The average molecular weight is 365 g/mol. The van der Waals surface area contributed by atoms with Gasteiger partial charge in [-0.3, -0.25) is 12.2 Å². The first-order valence-corrected chi connectivity index (χ1v) is 9.85. The first kappa shape index (κ1) is 22.3. The van der Waals surface area contributed by atoms with Crippen LogP contribution >= 0.6 is 0 Å². The molecule has 0 atom stereocenters. The van der Waals surface area contributed by atoms with Crippen LogP contribution in [0, 0.1) is 12.2 Å². The minimum Gasteiger partial charge on any atom is -0.269 e. The quantitative estimate of drug-likeness (QED) is 0.458.